The van der Waals surface area contributed by atoms with Gasteiger partial charge in [0.25, 0.3) is 0 Å². The highest BCUT2D eigenvalue weighted by molar-refractivity contribution is 6.08. The van der Waals surface area contributed by atoms with E-state index in [0.717, 1.165) is 16.5 Å². The van der Waals surface area contributed by atoms with E-state index in [4.69, 9.17) is 4.74 Å². The van der Waals surface area contributed by atoms with E-state index in [0.29, 0.717) is 25.5 Å². The van der Waals surface area contributed by atoms with Crippen LogP contribution in [-0.4, -0.2) is 57.9 Å². The predicted molar refractivity (Wildman–Crippen MR) is 107 cm³/mol. The van der Waals surface area contributed by atoms with Gasteiger partial charge in [0, 0.05) is 44.4 Å². The van der Waals surface area contributed by atoms with Crippen molar-refractivity contribution in [2.24, 2.45) is 7.05 Å². The van der Waals surface area contributed by atoms with Crippen molar-refractivity contribution in [1.29, 1.82) is 0 Å². The zero-order valence-electron chi connectivity index (χ0n) is 17.1. The number of imide groups is 1. The van der Waals surface area contributed by atoms with Gasteiger partial charge in [-0.3, -0.25) is 19.7 Å². The number of amides is 4. The molecule has 2 aliphatic heterocycles. The molecule has 0 atom stereocenters. The quantitative estimate of drug-likeness (QED) is 0.836. The summed E-state index contributed by atoms with van der Waals surface area (Å²) in [6, 6.07) is 5.57. The Hall–Kier alpha value is -3.10. The zero-order valence-corrected chi connectivity index (χ0v) is 17.1. The van der Waals surface area contributed by atoms with Gasteiger partial charge in [-0.15, -0.1) is 0 Å². The molecule has 154 valence electrons. The zero-order chi connectivity index (χ0) is 20.9. The van der Waals surface area contributed by atoms with Gasteiger partial charge in [0.2, 0.25) is 5.91 Å². The highest BCUT2D eigenvalue weighted by Crippen LogP contribution is 2.33. The van der Waals surface area contributed by atoms with Crippen molar-refractivity contribution < 1.29 is 19.1 Å². The van der Waals surface area contributed by atoms with Crippen molar-refractivity contribution in [3.63, 3.8) is 0 Å². The molecule has 2 fully saturated rings. The number of hydrogen-bond donors (Lipinski definition) is 1. The number of rotatable bonds is 2. The van der Waals surface area contributed by atoms with E-state index in [1.807, 2.05) is 40.0 Å². The molecule has 29 heavy (non-hydrogen) atoms. The van der Waals surface area contributed by atoms with Gasteiger partial charge < -0.3 is 9.64 Å². The van der Waals surface area contributed by atoms with Gasteiger partial charge in [-0.2, -0.15) is 5.10 Å². The Bertz CT molecular complexity index is 1000. The second-order valence-corrected chi connectivity index (χ2v) is 8.56. The molecule has 0 bridgehead atoms. The Balaban J connectivity index is 1.51. The molecule has 0 radical (unpaired) electrons. The maximum absolute atomic E-state index is 12.2. The Labute approximate surface area is 168 Å². The van der Waals surface area contributed by atoms with Crippen LogP contribution in [0.25, 0.3) is 10.9 Å². The van der Waals surface area contributed by atoms with Crippen molar-refractivity contribution in [3.8, 4) is 0 Å². The fourth-order valence-electron chi connectivity index (χ4n) is 3.64. The predicted octanol–water partition coefficient (Wildman–Crippen LogP) is 2.35. The maximum Gasteiger partial charge on any atom is 0.410 e. The van der Waals surface area contributed by atoms with Crippen molar-refractivity contribution in [2.75, 3.05) is 24.5 Å². The molecule has 1 N–H and O–H groups in total. The first kappa shape index (κ1) is 19.2. The van der Waals surface area contributed by atoms with E-state index in [2.05, 4.69) is 16.5 Å². The molecule has 4 rings (SSSR count). The summed E-state index contributed by atoms with van der Waals surface area (Å²) in [5.41, 5.74) is 1.51. The van der Waals surface area contributed by atoms with Crippen LogP contribution in [0, 0.1) is 0 Å². The average molecular weight is 399 g/mol. The lowest BCUT2D eigenvalue weighted by Gasteiger charge is -2.40. The summed E-state index contributed by atoms with van der Waals surface area (Å²) in [7, 11) is 1.83. The summed E-state index contributed by atoms with van der Waals surface area (Å²) in [5.74, 6) is 0.512. The second-order valence-electron chi connectivity index (χ2n) is 8.56. The number of hydrogen-bond acceptors (Lipinski definition) is 5. The van der Waals surface area contributed by atoms with Crippen LogP contribution in [0.5, 0.6) is 0 Å². The Morgan fingerprint density at radius 1 is 1.24 bits per heavy atom. The SMILES string of the molecule is Cn1nc(N2CCC(=O)NC2=O)c2ccc(C3CN(C(=O)OC(C)(C)C)C3)cc21. The van der Waals surface area contributed by atoms with Crippen LogP contribution in [0.3, 0.4) is 0 Å². The number of urea groups is 1. The van der Waals surface area contributed by atoms with Gasteiger partial charge in [-0.25, -0.2) is 9.59 Å². The molecule has 3 heterocycles. The Morgan fingerprint density at radius 3 is 2.62 bits per heavy atom. The third kappa shape index (κ3) is 3.64. The fourth-order valence-corrected chi connectivity index (χ4v) is 3.64. The number of anilines is 1. The van der Waals surface area contributed by atoms with Gasteiger partial charge in [-0.1, -0.05) is 6.07 Å². The van der Waals surface area contributed by atoms with Crippen molar-refractivity contribution in [2.45, 2.75) is 38.7 Å². The first-order valence-corrected chi connectivity index (χ1v) is 9.68. The summed E-state index contributed by atoms with van der Waals surface area (Å²) in [5, 5.41) is 7.68. The number of likely N-dealkylation sites (tertiary alicyclic amines) is 1. The van der Waals surface area contributed by atoms with Crippen molar-refractivity contribution in [3.05, 3.63) is 23.8 Å². The van der Waals surface area contributed by atoms with Gasteiger partial charge in [-0.05, 0) is 38.5 Å². The number of nitrogens with zero attached hydrogens (tertiary/aromatic N) is 4. The van der Waals surface area contributed by atoms with Crippen LogP contribution >= 0.6 is 0 Å². The minimum atomic E-state index is -0.502. The molecule has 2 saturated heterocycles. The molecule has 4 amide bonds. The van der Waals surface area contributed by atoms with Crippen molar-refractivity contribution in [1.82, 2.24) is 20.0 Å². The maximum atomic E-state index is 12.2. The number of carbonyl (C=O) groups excluding carboxylic acids is 3. The third-order valence-electron chi connectivity index (χ3n) is 5.17. The van der Waals surface area contributed by atoms with E-state index in [1.54, 1.807) is 9.58 Å². The molecular weight excluding hydrogens is 374 g/mol. The molecule has 1 aromatic heterocycles. The highest BCUT2D eigenvalue weighted by Gasteiger charge is 2.35. The van der Waals surface area contributed by atoms with Gasteiger partial charge in [0.1, 0.15) is 5.60 Å². The Morgan fingerprint density at radius 2 is 1.97 bits per heavy atom. The minimum Gasteiger partial charge on any atom is -0.444 e. The standard InChI is InChI=1S/C20H25N5O4/c1-20(2,3)29-19(28)24-10-13(11-24)12-5-6-14-15(9-12)23(4)22-17(14)25-8-7-16(26)21-18(25)27/h5-6,9,13H,7-8,10-11H2,1-4H3,(H,21,26,27). The van der Waals surface area contributed by atoms with Gasteiger partial charge in [0.05, 0.1) is 5.52 Å². The first-order chi connectivity index (χ1) is 13.6. The lowest BCUT2D eigenvalue weighted by atomic mass is 9.91. The molecule has 0 unspecified atom stereocenters. The first-order valence-electron chi connectivity index (χ1n) is 9.68. The normalized spacial score (nSPS) is 18.1. The van der Waals surface area contributed by atoms with E-state index in [1.165, 1.54) is 4.90 Å². The Kier molecular flexibility index (Phi) is 4.48. The van der Waals surface area contributed by atoms with Crippen LogP contribution in [0.1, 0.15) is 38.7 Å². The molecular formula is C20H25N5O4. The summed E-state index contributed by atoms with van der Waals surface area (Å²) in [6.45, 7) is 7.10. The second kappa shape index (κ2) is 6.75. The van der Waals surface area contributed by atoms with Crippen LogP contribution in [-0.2, 0) is 16.6 Å². The van der Waals surface area contributed by atoms with Crippen LogP contribution < -0.4 is 10.2 Å². The van der Waals surface area contributed by atoms with Crippen molar-refractivity contribution >= 4 is 34.8 Å². The third-order valence-corrected chi connectivity index (χ3v) is 5.17. The number of carbonyl (C=O) groups is 3. The smallest absolute Gasteiger partial charge is 0.410 e. The van der Waals surface area contributed by atoms with Crippen LogP contribution in [0.4, 0.5) is 15.4 Å². The lowest BCUT2D eigenvalue weighted by Crippen LogP contribution is -2.50. The number of fused-ring (bicyclic) bond motifs is 1. The molecule has 9 heteroatoms. The molecule has 9 nitrogen and oxygen atoms in total. The number of benzene rings is 1. The van der Waals surface area contributed by atoms with E-state index < -0.39 is 11.6 Å². The lowest BCUT2D eigenvalue weighted by molar-refractivity contribution is -0.120. The minimum absolute atomic E-state index is 0.237. The summed E-state index contributed by atoms with van der Waals surface area (Å²) >= 11 is 0. The molecule has 2 aromatic rings. The van der Waals surface area contributed by atoms with E-state index in [-0.39, 0.29) is 24.3 Å². The molecule has 0 aliphatic carbocycles. The average Bonchev–Trinajstić information content (AvgIpc) is 2.88. The molecule has 1 aromatic carbocycles. The van der Waals surface area contributed by atoms with Gasteiger partial charge in [0.15, 0.2) is 5.82 Å². The summed E-state index contributed by atoms with van der Waals surface area (Å²) < 4.78 is 7.15. The highest BCUT2D eigenvalue weighted by atomic mass is 16.6. The molecule has 0 spiro atoms. The molecule has 0 saturated carbocycles. The number of aromatic nitrogens is 2. The molecule has 2 aliphatic rings. The number of nitrogens with one attached hydrogen (secondary N) is 1. The van der Waals surface area contributed by atoms with Crippen LogP contribution in [0.15, 0.2) is 18.2 Å². The summed E-state index contributed by atoms with van der Waals surface area (Å²) in [6.07, 6.45) is -0.0342. The van der Waals surface area contributed by atoms with Crippen LogP contribution in [0.2, 0.25) is 0 Å². The van der Waals surface area contributed by atoms with E-state index in [9.17, 15) is 14.4 Å². The topological polar surface area (TPSA) is 96.8 Å². The summed E-state index contributed by atoms with van der Waals surface area (Å²) in [4.78, 5) is 38.9. The van der Waals surface area contributed by atoms with E-state index >= 15 is 0 Å². The number of aryl methyl sites for hydroxylation is 1. The fraction of sp³-hybridized carbons (Fsp3) is 0.500. The largest absolute Gasteiger partial charge is 0.444 e. The number of ether oxygens (including phenoxy) is 1. The monoisotopic (exact) mass is 399 g/mol. The van der Waals surface area contributed by atoms with Gasteiger partial charge >= 0.3 is 12.1 Å².